The van der Waals surface area contributed by atoms with Gasteiger partial charge in [-0.05, 0) is 38.9 Å². The lowest BCUT2D eigenvalue weighted by Gasteiger charge is -2.53. The summed E-state index contributed by atoms with van der Waals surface area (Å²) in [4.78, 5) is 15.7. The number of rotatable bonds is 3. The standard InChI is InChI=1S/C13H24N2O/c1-3-4-7-14-8-5-13(6-9-14)10-15(11-13)12(2)16/h3-11H2,1-2H3. The zero-order valence-electron chi connectivity index (χ0n) is 10.7. The maximum Gasteiger partial charge on any atom is 0.219 e. The van der Waals surface area contributed by atoms with Crippen molar-refractivity contribution in [2.75, 3.05) is 32.7 Å². The van der Waals surface area contributed by atoms with Crippen LogP contribution in [-0.4, -0.2) is 48.4 Å². The van der Waals surface area contributed by atoms with Gasteiger partial charge in [0.1, 0.15) is 0 Å². The monoisotopic (exact) mass is 224 g/mol. The Morgan fingerprint density at radius 2 is 1.88 bits per heavy atom. The summed E-state index contributed by atoms with van der Waals surface area (Å²) in [5.41, 5.74) is 0.494. The van der Waals surface area contributed by atoms with E-state index in [9.17, 15) is 4.79 Å². The maximum atomic E-state index is 11.2. The van der Waals surface area contributed by atoms with Crippen molar-refractivity contribution in [1.82, 2.24) is 9.80 Å². The van der Waals surface area contributed by atoms with Gasteiger partial charge in [0.15, 0.2) is 0 Å². The molecule has 0 aliphatic carbocycles. The van der Waals surface area contributed by atoms with Crippen molar-refractivity contribution in [3.8, 4) is 0 Å². The molecule has 2 heterocycles. The average Bonchev–Trinajstić information content (AvgIpc) is 2.23. The van der Waals surface area contributed by atoms with E-state index < -0.39 is 0 Å². The minimum atomic E-state index is 0.249. The Morgan fingerprint density at radius 3 is 2.38 bits per heavy atom. The molecule has 0 N–H and O–H groups in total. The van der Waals surface area contributed by atoms with Crippen molar-refractivity contribution in [2.45, 2.75) is 39.5 Å². The number of amides is 1. The molecule has 0 saturated carbocycles. The van der Waals surface area contributed by atoms with Crippen LogP contribution < -0.4 is 0 Å². The molecule has 2 fully saturated rings. The average molecular weight is 224 g/mol. The molecule has 2 aliphatic heterocycles. The molecule has 2 saturated heterocycles. The molecule has 1 spiro atoms. The minimum absolute atomic E-state index is 0.249. The Kier molecular flexibility index (Phi) is 3.53. The van der Waals surface area contributed by atoms with Crippen molar-refractivity contribution < 1.29 is 4.79 Å². The number of carbonyl (C=O) groups excluding carboxylic acids is 1. The number of hydrogen-bond donors (Lipinski definition) is 0. The lowest BCUT2D eigenvalue weighted by molar-refractivity contribution is -0.144. The summed E-state index contributed by atoms with van der Waals surface area (Å²) in [6.45, 7) is 9.72. The molecular weight excluding hydrogens is 200 g/mol. The van der Waals surface area contributed by atoms with E-state index in [2.05, 4.69) is 11.8 Å². The van der Waals surface area contributed by atoms with Crippen LogP contribution in [0.5, 0.6) is 0 Å². The molecule has 0 bridgehead atoms. The summed E-state index contributed by atoms with van der Waals surface area (Å²) in [7, 11) is 0. The molecule has 3 heteroatoms. The van der Waals surface area contributed by atoms with Crippen LogP contribution >= 0.6 is 0 Å². The molecule has 0 aromatic carbocycles. The quantitative estimate of drug-likeness (QED) is 0.729. The van der Waals surface area contributed by atoms with Crippen LogP contribution in [0.2, 0.25) is 0 Å². The molecule has 3 nitrogen and oxygen atoms in total. The third-order valence-corrected chi connectivity index (χ3v) is 4.24. The van der Waals surface area contributed by atoms with Gasteiger partial charge in [0.2, 0.25) is 5.91 Å². The lowest BCUT2D eigenvalue weighted by atomic mass is 9.72. The Bertz CT molecular complexity index is 249. The zero-order valence-corrected chi connectivity index (χ0v) is 10.7. The van der Waals surface area contributed by atoms with Crippen LogP contribution in [0.1, 0.15) is 39.5 Å². The van der Waals surface area contributed by atoms with E-state index in [1.54, 1.807) is 6.92 Å². The van der Waals surface area contributed by atoms with Crippen LogP contribution in [0.4, 0.5) is 0 Å². The number of carbonyl (C=O) groups is 1. The van der Waals surface area contributed by atoms with Gasteiger partial charge >= 0.3 is 0 Å². The fraction of sp³-hybridized carbons (Fsp3) is 0.923. The smallest absolute Gasteiger partial charge is 0.219 e. The molecular formula is C13H24N2O. The predicted octanol–water partition coefficient (Wildman–Crippen LogP) is 1.73. The maximum absolute atomic E-state index is 11.2. The molecule has 92 valence electrons. The van der Waals surface area contributed by atoms with E-state index in [0.717, 1.165) is 13.1 Å². The summed E-state index contributed by atoms with van der Waals surface area (Å²) in [6, 6.07) is 0. The number of nitrogens with zero attached hydrogens (tertiary/aromatic N) is 2. The molecule has 0 aromatic rings. The van der Waals surface area contributed by atoms with Crippen molar-refractivity contribution in [2.24, 2.45) is 5.41 Å². The van der Waals surface area contributed by atoms with Crippen LogP contribution in [-0.2, 0) is 4.79 Å². The van der Waals surface area contributed by atoms with E-state index in [1.807, 2.05) is 4.90 Å². The van der Waals surface area contributed by atoms with Crippen molar-refractivity contribution in [3.63, 3.8) is 0 Å². The van der Waals surface area contributed by atoms with Gasteiger partial charge in [0, 0.05) is 25.4 Å². The van der Waals surface area contributed by atoms with E-state index >= 15 is 0 Å². The predicted molar refractivity (Wildman–Crippen MR) is 65.3 cm³/mol. The normalized spacial score (nSPS) is 24.5. The highest BCUT2D eigenvalue weighted by molar-refractivity contribution is 5.74. The fourth-order valence-corrected chi connectivity index (χ4v) is 2.94. The van der Waals surface area contributed by atoms with Gasteiger partial charge in [0.05, 0.1) is 0 Å². The van der Waals surface area contributed by atoms with Crippen LogP contribution in [0.25, 0.3) is 0 Å². The summed E-state index contributed by atoms with van der Waals surface area (Å²) < 4.78 is 0. The second-order valence-corrected chi connectivity index (χ2v) is 5.57. The van der Waals surface area contributed by atoms with Gasteiger partial charge in [-0.25, -0.2) is 0 Å². The Morgan fingerprint density at radius 1 is 1.25 bits per heavy atom. The molecule has 2 aliphatic rings. The third kappa shape index (κ3) is 2.40. The second-order valence-electron chi connectivity index (χ2n) is 5.57. The molecule has 16 heavy (non-hydrogen) atoms. The molecule has 0 unspecified atom stereocenters. The Labute approximate surface area is 98.8 Å². The van der Waals surface area contributed by atoms with Gasteiger partial charge in [-0.2, -0.15) is 0 Å². The largest absolute Gasteiger partial charge is 0.342 e. The lowest BCUT2D eigenvalue weighted by Crippen LogP contribution is -2.61. The highest BCUT2D eigenvalue weighted by Gasteiger charge is 2.45. The Balaban J connectivity index is 1.72. The van der Waals surface area contributed by atoms with Gasteiger partial charge in [-0.15, -0.1) is 0 Å². The first kappa shape index (κ1) is 11.9. The van der Waals surface area contributed by atoms with E-state index in [4.69, 9.17) is 0 Å². The molecule has 2 rings (SSSR count). The van der Waals surface area contributed by atoms with Crippen molar-refractivity contribution in [3.05, 3.63) is 0 Å². The van der Waals surface area contributed by atoms with Crippen LogP contribution in [0.15, 0.2) is 0 Å². The molecule has 1 amide bonds. The zero-order chi connectivity index (χ0) is 11.6. The first-order valence-electron chi connectivity index (χ1n) is 6.63. The van der Waals surface area contributed by atoms with Crippen molar-refractivity contribution in [1.29, 1.82) is 0 Å². The summed E-state index contributed by atoms with van der Waals surface area (Å²) in [6.07, 6.45) is 5.20. The van der Waals surface area contributed by atoms with Gasteiger partial charge in [0.25, 0.3) is 0 Å². The SMILES string of the molecule is CCCCN1CCC2(CC1)CN(C(C)=O)C2. The molecule has 0 atom stereocenters. The van der Waals surface area contributed by atoms with Gasteiger partial charge in [-0.1, -0.05) is 13.3 Å². The molecule has 0 radical (unpaired) electrons. The first-order chi connectivity index (χ1) is 7.65. The van der Waals surface area contributed by atoms with Crippen LogP contribution in [0, 0.1) is 5.41 Å². The number of unbranched alkanes of at least 4 members (excludes halogenated alkanes) is 1. The number of hydrogen-bond acceptors (Lipinski definition) is 2. The third-order valence-electron chi connectivity index (χ3n) is 4.24. The number of piperidine rings is 1. The highest BCUT2D eigenvalue weighted by atomic mass is 16.2. The number of likely N-dealkylation sites (tertiary alicyclic amines) is 2. The minimum Gasteiger partial charge on any atom is -0.342 e. The van der Waals surface area contributed by atoms with E-state index in [1.165, 1.54) is 45.3 Å². The Hall–Kier alpha value is -0.570. The second kappa shape index (κ2) is 4.74. The van der Waals surface area contributed by atoms with E-state index in [-0.39, 0.29) is 5.91 Å². The van der Waals surface area contributed by atoms with Gasteiger partial charge in [-0.3, -0.25) is 4.79 Å². The summed E-state index contributed by atoms with van der Waals surface area (Å²) in [5.74, 6) is 0.249. The summed E-state index contributed by atoms with van der Waals surface area (Å²) in [5, 5.41) is 0. The van der Waals surface area contributed by atoms with E-state index in [0.29, 0.717) is 5.41 Å². The topological polar surface area (TPSA) is 23.6 Å². The van der Waals surface area contributed by atoms with Gasteiger partial charge < -0.3 is 9.80 Å². The first-order valence-corrected chi connectivity index (χ1v) is 6.63. The fourth-order valence-electron chi connectivity index (χ4n) is 2.94. The van der Waals surface area contributed by atoms with Crippen molar-refractivity contribution >= 4 is 5.91 Å². The summed E-state index contributed by atoms with van der Waals surface area (Å²) >= 11 is 0. The highest BCUT2D eigenvalue weighted by Crippen LogP contribution is 2.40. The van der Waals surface area contributed by atoms with Crippen LogP contribution in [0.3, 0.4) is 0 Å². The molecule has 0 aromatic heterocycles.